The van der Waals surface area contributed by atoms with Gasteiger partial charge in [-0.3, -0.25) is 0 Å². The fourth-order valence-corrected chi connectivity index (χ4v) is 1.89. The number of urea groups is 1. The molecule has 25 heavy (non-hydrogen) atoms. The molecule has 0 atom stereocenters. The van der Waals surface area contributed by atoms with E-state index in [2.05, 4.69) is 22.5 Å². The Morgan fingerprint density at radius 1 is 1.04 bits per heavy atom. The van der Waals surface area contributed by atoms with Crippen molar-refractivity contribution < 1.29 is 22.4 Å². The van der Waals surface area contributed by atoms with Gasteiger partial charge in [0.2, 0.25) is 0 Å². The molecule has 0 aliphatic rings. The highest BCUT2D eigenvalue weighted by atomic mass is 19.4. The molecule has 0 bridgehead atoms. The summed E-state index contributed by atoms with van der Waals surface area (Å²) in [4.78, 5) is 11.6. The molecule has 130 valence electrons. The first-order chi connectivity index (χ1) is 11.8. The second-order valence-electron chi connectivity index (χ2n) is 5.04. The second kappa shape index (κ2) is 8.20. The quantitative estimate of drug-likeness (QED) is 0.643. The van der Waals surface area contributed by atoms with Crippen LogP contribution in [0.15, 0.2) is 48.5 Å². The Morgan fingerprint density at radius 2 is 1.76 bits per heavy atom. The molecule has 0 spiro atoms. The van der Waals surface area contributed by atoms with Crippen molar-refractivity contribution in [3.8, 4) is 11.8 Å². The maximum absolute atomic E-state index is 12.7. The van der Waals surface area contributed by atoms with Crippen molar-refractivity contribution in [3.05, 3.63) is 71.0 Å². The molecule has 0 fully saturated rings. The molecule has 2 aromatic rings. The van der Waals surface area contributed by atoms with Gasteiger partial charge < -0.3 is 10.6 Å². The van der Waals surface area contributed by atoms with E-state index in [1.54, 1.807) is 12.1 Å². The molecule has 0 radical (unpaired) electrons. The van der Waals surface area contributed by atoms with E-state index in [4.69, 9.17) is 0 Å². The molecule has 0 aliphatic heterocycles. The lowest BCUT2D eigenvalue weighted by Gasteiger charge is -2.06. The number of alkyl halides is 3. The molecule has 0 heterocycles. The SMILES string of the molecule is O=C(NCC#Cc1cccc(C(F)(F)F)c1)NCc1ccc(F)cc1. The number of carbonyl (C=O) groups is 1. The van der Waals surface area contributed by atoms with Crippen LogP contribution in [0.3, 0.4) is 0 Å². The van der Waals surface area contributed by atoms with Crippen LogP contribution < -0.4 is 10.6 Å². The first-order valence-corrected chi connectivity index (χ1v) is 7.27. The van der Waals surface area contributed by atoms with Crippen LogP contribution in [-0.2, 0) is 12.7 Å². The molecule has 0 aliphatic carbocycles. The van der Waals surface area contributed by atoms with Crippen molar-refractivity contribution in [1.29, 1.82) is 0 Å². The Morgan fingerprint density at radius 3 is 2.44 bits per heavy atom. The maximum Gasteiger partial charge on any atom is 0.416 e. The average molecular weight is 350 g/mol. The molecule has 2 aromatic carbocycles. The number of hydrogen-bond acceptors (Lipinski definition) is 1. The van der Waals surface area contributed by atoms with Crippen LogP contribution in [0, 0.1) is 17.7 Å². The molecule has 0 saturated heterocycles. The topological polar surface area (TPSA) is 41.1 Å². The minimum atomic E-state index is -4.42. The van der Waals surface area contributed by atoms with E-state index in [1.807, 2.05) is 0 Å². The first-order valence-electron chi connectivity index (χ1n) is 7.27. The lowest BCUT2D eigenvalue weighted by molar-refractivity contribution is -0.137. The molecule has 2 rings (SSSR count). The summed E-state index contributed by atoms with van der Waals surface area (Å²) in [6.45, 7) is 0.193. The summed E-state index contributed by atoms with van der Waals surface area (Å²) < 4.78 is 50.5. The Balaban J connectivity index is 1.80. The smallest absolute Gasteiger partial charge is 0.334 e. The van der Waals surface area contributed by atoms with E-state index >= 15 is 0 Å². The fraction of sp³-hybridized carbons (Fsp3) is 0.167. The van der Waals surface area contributed by atoms with E-state index in [9.17, 15) is 22.4 Å². The van der Waals surface area contributed by atoms with Gasteiger partial charge in [0.1, 0.15) is 5.82 Å². The molecule has 7 heteroatoms. The predicted molar refractivity (Wildman–Crippen MR) is 85.0 cm³/mol. The predicted octanol–water partition coefficient (Wildman–Crippen LogP) is 3.70. The van der Waals surface area contributed by atoms with Gasteiger partial charge in [0.05, 0.1) is 12.1 Å². The van der Waals surface area contributed by atoms with Gasteiger partial charge in [0.15, 0.2) is 0 Å². The molecule has 0 saturated carbocycles. The third-order valence-electron chi connectivity index (χ3n) is 3.13. The zero-order valence-corrected chi connectivity index (χ0v) is 13.0. The lowest BCUT2D eigenvalue weighted by Crippen LogP contribution is -2.35. The monoisotopic (exact) mass is 350 g/mol. The summed E-state index contributed by atoms with van der Waals surface area (Å²) >= 11 is 0. The summed E-state index contributed by atoms with van der Waals surface area (Å²) in [7, 11) is 0. The van der Waals surface area contributed by atoms with Crippen LogP contribution in [0.25, 0.3) is 0 Å². The highest BCUT2D eigenvalue weighted by Crippen LogP contribution is 2.29. The Hall–Kier alpha value is -3.01. The normalized spacial score (nSPS) is 10.6. The van der Waals surface area contributed by atoms with Crippen LogP contribution in [-0.4, -0.2) is 12.6 Å². The van der Waals surface area contributed by atoms with Gasteiger partial charge >= 0.3 is 12.2 Å². The van der Waals surface area contributed by atoms with Crippen molar-refractivity contribution in [2.75, 3.05) is 6.54 Å². The fourth-order valence-electron chi connectivity index (χ4n) is 1.89. The molecular weight excluding hydrogens is 336 g/mol. The van der Waals surface area contributed by atoms with Crippen LogP contribution in [0.4, 0.5) is 22.4 Å². The van der Waals surface area contributed by atoms with Gasteiger partial charge in [-0.1, -0.05) is 30.0 Å². The van der Waals surface area contributed by atoms with Crippen molar-refractivity contribution in [2.45, 2.75) is 12.7 Å². The summed E-state index contributed by atoms with van der Waals surface area (Å²) in [5.74, 6) is 4.77. The maximum atomic E-state index is 12.7. The van der Waals surface area contributed by atoms with E-state index in [0.717, 1.165) is 17.7 Å². The van der Waals surface area contributed by atoms with Gasteiger partial charge in [-0.2, -0.15) is 13.2 Å². The van der Waals surface area contributed by atoms with Crippen LogP contribution in [0.5, 0.6) is 0 Å². The van der Waals surface area contributed by atoms with Crippen molar-refractivity contribution >= 4 is 6.03 Å². The summed E-state index contributed by atoms with van der Waals surface area (Å²) in [5.41, 5.74) is 0.166. The van der Waals surface area contributed by atoms with Crippen molar-refractivity contribution in [2.24, 2.45) is 0 Å². The number of amides is 2. The highest BCUT2D eigenvalue weighted by Gasteiger charge is 2.30. The largest absolute Gasteiger partial charge is 0.416 e. The second-order valence-corrected chi connectivity index (χ2v) is 5.04. The van der Waals surface area contributed by atoms with E-state index in [-0.39, 0.29) is 24.5 Å². The molecule has 0 aromatic heterocycles. The van der Waals surface area contributed by atoms with Gasteiger partial charge in [-0.15, -0.1) is 0 Å². The van der Waals surface area contributed by atoms with E-state index < -0.39 is 17.8 Å². The Kier molecular flexibility index (Phi) is 6.01. The number of hydrogen-bond donors (Lipinski definition) is 2. The summed E-state index contributed by atoms with van der Waals surface area (Å²) in [5, 5.41) is 5.02. The minimum absolute atomic E-state index is 0.0223. The van der Waals surface area contributed by atoms with Crippen LogP contribution >= 0.6 is 0 Å². The van der Waals surface area contributed by atoms with Gasteiger partial charge in [0.25, 0.3) is 0 Å². The molecule has 2 amide bonds. The van der Waals surface area contributed by atoms with Gasteiger partial charge in [-0.25, -0.2) is 9.18 Å². The summed E-state index contributed by atoms with van der Waals surface area (Å²) in [6, 6.07) is 9.82. The van der Waals surface area contributed by atoms with E-state index in [0.29, 0.717) is 0 Å². The molecular formula is C18H14F4N2O. The molecule has 0 unspecified atom stereocenters. The van der Waals surface area contributed by atoms with Crippen molar-refractivity contribution in [1.82, 2.24) is 10.6 Å². The van der Waals surface area contributed by atoms with Crippen molar-refractivity contribution in [3.63, 3.8) is 0 Å². The lowest BCUT2D eigenvalue weighted by atomic mass is 10.1. The first kappa shape index (κ1) is 18.3. The van der Waals surface area contributed by atoms with Crippen LogP contribution in [0.1, 0.15) is 16.7 Å². The summed E-state index contributed by atoms with van der Waals surface area (Å²) in [6.07, 6.45) is -4.42. The number of carbonyl (C=O) groups excluding carboxylic acids is 1. The zero-order chi connectivity index (χ0) is 18.3. The average Bonchev–Trinajstić information content (AvgIpc) is 2.58. The number of benzene rings is 2. The zero-order valence-electron chi connectivity index (χ0n) is 13.0. The van der Waals surface area contributed by atoms with Gasteiger partial charge in [-0.05, 0) is 35.9 Å². The Bertz CT molecular complexity index is 789. The third kappa shape index (κ3) is 6.18. The highest BCUT2D eigenvalue weighted by molar-refractivity contribution is 5.74. The number of rotatable bonds is 3. The molecule has 3 nitrogen and oxygen atoms in total. The minimum Gasteiger partial charge on any atom is -0.334 e. The Labute approximate surface area is 142 Å². The standard InChI is InChI=1S/C18H14F4N2O/c19-16-8-6-14(7-9-16)12-24-17(25)23-10-2-4-13-3-1-5-15(11-13)18(20,21)22/h1,3,5-9,11H,10,12H2,(H2,23,24,25). The van der Waals surface area contributed by atoms with Gasteiger partial charge in [0, 0.05) is 12.1 Å². The van der Waals surface area contributed by atoms with E-state index in [1.165, 1.54) is 24.3 Å². The number of halogens is 4. The van der Waals surface area contributed by atoms with Crippen LogP contribution in [0.2, 0.25) is 0 Å². The molecule has 2 N–H and O–H groups in total. The number of nitrogens with one attached hydrogen (secondary N) is 2. The third-order valence-corrected chi connectivity index (χ3v) is 3.13.